The molecule has 2 heterocycles. The lowest BCUT2D eigenvalue weighted by atomic mass is 10.5. The molecule has 13 heavy (non-hydrogen) atoms. The minimum absolute atomic E-state index is 0.831. The highest BCUT2D eigenvalue weighted by atomic mass is 15.3. The lowest BCUT2D eigenvalue weighted by Crippen LogP contribution is -2.08. The van der Waals surface area contributed by atoms with Crippen molar-refractivity contribution in [2.45, 2.75) is 20.0 Å². The van der Waals surface area contributed by atoms with Crippen molar-refractivity contribution in [2.24, 2.45) is 0 Å². The van der Waals surface area contributed by atoms with E-state index in [1.54, 1.807) is 23.5 Å². The van der Waals surface area contributed by atoms with E-state index in [-0.39, 0.29) is 0 Å². The monoisotopic (exact) mass is 177 g/mol. The first-order valence-electron chi connectivity index (χ1n) is 4.16. The van der Waals surface area contributed by atoms with Gasteiger partial charge in [-0.2, -0.15) is 5.10 Å². The van der Waals surface area contributed by atoms with E-state index in [0.717, 1.165) is 18.9 Å². The van der Waals surface area contributed by atoms with Crippen LogP contribution in [0.1, 0.15) is 5.82 Å². The Morgan fingerprint density at radius 2 is 2.31 bits per heavy atom. The topological polar surface area (TPSA) is 48.5 Å². The van der Waals surface area contributed by atoms with Crippen LogP contribution in [0.2, 0.25) is 0 Å². The molecule has 5 heteroatoms. The first-order valence-corrected chi connectivity index (χ1v) is 4.16. The minimum atomic E-state index is 0.831. The van der Waals surface area contributed by atoms with Gasteiger partial charge in [-0.15, -0.1) is 0 Å². The van der Waals surface area contributed by atoms with Crippen molar-refractivity contribution in [3.05, 3.63) is 30.9 Å². The van der Waals surface area contributed by atoms with Gasteiger partial charge in [0.05, 0.1) is 6.54 Å². The van der Waals surface area contributed by atoms with Crippen LogP contribution >= 0.6 is 0 Å². The fourth-order valence-corrected chi connectivity index (χ4v) is 1.20. The van der Waals surface area contributed by atoms with Crippen molar-refractivity contribution in [1.29, 1.82) is 0 Å². The second-order valence-corrected chi connectivity index (χ2v) is 2.83. The number of hydrogen-bond acceptors (Lipinski definition) is 3. The van der Waals surface area contributed by atoms with Crippen LogP contribution in [0.5, 0.6) is 0 Å². The maximum absolute atomic E-state index is 4.13. The molecule has 0 N–H and O–H groups in total. The molecule has 2 aromatic heterocycles. The summed E-state index contributed by atoms with van der Waals surface area (Å²) in [5, 5.41) is 4.02. The molecule has 0 aromatic carbocycles. The van der Waals surface area contributed by atoms with Gasteiger partial charge < -0.3 is 4.57 Å². The number of imidazole rings is 1. The van der Waals surface area contributed by atoms with Crippen LogP contribution in [0.4, 0.5) is 0 Å². The largest absolute Gasteiger partial charge is 0.333 e. The third-order valence-electron chi connectivity index (χ3n) is 1.96. The van der Waals surface area contributed by atoms with Gasteiger partial charge in [0.15, 0.2) is 0 Å². The van der Waals surface area contributed by atoms with E-state index in [0.29, 0.717) is 0 Å². The van der Waals surface area contributed by atoms with Gasteiger partial charge in [0, 0.05) is 18.9 Å². The van der Waals surface area contributed by atoms with E-state index in [1.165, 1.54) is 0 Å². The fraction of sp³-hybridized carbons (Fsp3) is 0.375. The molecule has 0 aliphatic carbocycles. The van der Waals surface area contributed by atoms with Crippen molar-refractivity contribution in [1.82, 2.24) is 24.3 Å². The number of rotatable bonds is 3. The van der Waals surface area contributed by atoms with Gasteiger partial charge in [-0.1, -0.05) is 0 Å². The SMILES string of the molecule is Cc1nccn1CCn1cncn1. The first kappa shape index (κ1) is 7.97. The summed E-state index contributed by atoms with van der Waals surface area (Å²) in [4.78, 5) is 8.01. The smallest absolute Gasteiger partial charge is 0.137 e. The maximum atomic E-state index is 4.13. The quantitative estimate of drug-likeness (QED) is 0.685. The Kier molecular flexibility index (Phi) is 2.08. The predicted octanol–water partition coefficient (Wildman–Crippen LogP) is 0.483. The zero-order valence-corrected chi connectivity index (χ0v) is 7.46. The average Bonchev–Trinajstić information content (AvgIpc) is 2.72. The molecule has 0 amide bonds. The lowest BCUT2D eigenvalue weighted by molar-refractivity contribution is 0.525. The van der Waals surface area contributed by atoms with Crippen molar-refractivity contribution in [3.8, 4) is 0 Å². The highest BCUT2D eigenvalue weighted by Gasteiger charge is 1.96. The summed E-state index contributed by atoms with van der Waals surface area (Å²) < 4.78 is 3.89. The molecule has 0 saturated carbocycles. The van der Waals surface area contributed by atoms with E-state index in [2.05, 4.69) is 19.6 Å². The van der Waals surface area contributed by atoms with Gasteiger partial charge >= 0.3 is 0 Å². The highest BCUT2D eigenvalue weighted by Crippen LogP contribution is 1.95. The number of aromatic nitrogens is 5. The van der Waals surface area contributed by atoms with Crippen molar-refractivity contribution in [2.75, 3.05) is 0 Å². The van der Waals surface area contributed by atoms with Crippen LogP contribution in [0.25, 0.3) is 0 Å². The van der Waals surface area contributed by atoms with E-state index < -0.39 is 0 Å². The summed E-state index contributed by atoms with van der Waals surface area (Å²) in [5.41, 5.74) is 0. The van der Waals surface area contributed by atoms with Crippen LogP contribution in [0.15, 0.2) is 25.0 Å². The van der Waals surface area contributed by atoms with Gasteiger partial charge in [0.25, 0.3) is 0 Å². The molecule has 2 aromatic rings. The zero-order valence-electron chi connectivity index (χ0n) is 7.46. The van der Waals surface area contributed by atoms with Crippen LogP contribution in [-0.2, 0) is 13.1 Å². The molecule has 0 unspecified atom stereocenters. The summed E-state index contributed by atoms with van der Waals surface area (Å²) in [5.74, 6) is 1.03. The van der Waals surface area contributed by atoms with Crippen molar-refractivity contribution >= 4 is 0 Å². The second-order valence-electron chi connectivity index (χ2n) is 2.83. The Hall–Kier alpha value is -1.65. The molecular formula is C8H11N5. The van der Waals surface area contributed by atoms with Crippen LogP contribution in [0, 0.1) is 6.92 Å². The standard InChI is InChI=1S/C8H11N5/c1-8-10-2-3-12(8)4-5-13-7-9-6-11-13/h2-3,6-7H,4-5H2,1H3. The Balaban J connectivity index is 1.97. The normalized spacial score (nSPS) is 10.5. The maximum Gasteiger partial charge on any atom is 0.137 e. The molecule has 68 valence electrons. The molecule has 0 aliphatic heterocycles. The van der Waals surface area contributed by atoms with Gasteiger partial charge in [-0.3, -0.25) is 4.68 Å². The number of nitrogens with zero attached hydrogens (tertiary/aromatic N) is 5. The zero-order chi connectivity index (χ0) is 9.10. The summed E-state index contributed by atoms with van der Waals surface area (Å²) in [6, 6.07) is 0. The summed E-state index contributed by atoms with van der Waals surface area (Å²) in [7, 11) is 0. The molecule has 5 nitrogen and oxygen atoms in total. The van der Waals surface area contributed by atoms with Gasteiger partial charge in [-0.25, -0.2) is 9.97 Å². The predicted molar refractivity (Wildman–Crippen MR) is 47.0 cm³/mol. The van der Waals surface area contributed by atoms with Crippen molar-refractivity contribution < 1.29 is 0 Å². The lowest BCUT2D eigenvalue weighted by Gasteiger charge is -2.03. The fourth-order valence-electron chi connectivity index (χ4n) is 1.20. The molecular weight excluding hydrogens is 166 g/mol. The average molecular weight is 177 g/mol. The van der Waals surface area contributed by atoms with Crippen LogP contribution in [-0.4, -0.2) is 24.3 Å². The van der Waals surface area contributed by atoms with Gasteiger partial charge in [0.1, 0.15) is 18.5 Å². The molecule has 0 aliphatic rings. The highest BCUT2D eigenvalue weighted by molar-refractivity contribution is 4.87. The molecule has 0 bridgehead atoms. The summed E-state index contributed by atoms with van der Waals surface area (Å²) >= 11 is 0. The van der Waals surface area contributed by atoms with E-state index >= 15 is 0 Å². The molecule has 0 fully saturated rings. The third-order valence-corrected chi connectivity index (χ3v) is 1.96. The Morgan fingerprint density at radius 3 is 2.92 bits per heavy atom. The van der Waals surface area contributed by atoms with Gasteiger partial charge in [0.2, 0.25) is 0 Å². The number of hydrogen-bond donors (Lipinski definition) is 0. The molecule has 2 rings (SSSR count). The second kappa shape index (κ2) is 3.38. The molecule has 0 spiro atoms. The molecule has 0 atom stereocenters. The minimum Gasteiger partial charge on any atom is -0.333 e. The first-order chi connectivity index (χ1) is 6.36. The van der Waals surface area contributed by atoms with Crippen LogP contribution in [0.3, 0.4) is 0 Å². The van der Waals surface area contributed by atoms with Crippen LogP contribution < -0.4 is 0 Å². The van der Waals surface area contributed by atoms with Crippen molar-refractivity contribution in [3.63, 3.8) is 0 Å². The Bertz CT molecular complexity index is 362. The molecule has 0 saturated heterocycles. The van der Waals surface area contributed by atoms with E-state index in [9.17, 15) is 0 Å². The Morgan fingerprint density at radius 1 is 1.38 bits per heavy atom. The summed E-state index contributed by atoms with van der Waals surface area (Å²) in [6.07, 6.45) is 7.02. The van der Waals surface area contributed by atoms with E-state index in [4.69, 9.17) is 0 Å². The molecule has 0 radical (unpaired) electrons. The summed E-state index contributed by atoms with van der Waals surface area (Å²) in [6.45, 7) is 3.70. The van der Waals surface area contributed by atoms with E-state index in [1.807, 2.05) is 13.1 Å². The number of aryl methyl sites for hydroxylation is 3. The Labute approximate surface area is 76.0 Å². The third kappa shape index (κ3) is 1.74. The van der Waals surface area contributed by atoms with Gasteiger partial charge in [-0.05, 0) is 6.92 Å².